The summed E-state index contributed by atoms with van der Waals surface area (Å²) >= 11 is 1.58. The van der Waals surface area contributed by atoms with E-state index in [-0.39, 0.29) is 23.3 Å². The first-order valence-corrected chi connectivity index (χ1v) is 10.9. The van der Waals surface area contributed by atoms with E-state index in [9.17, 15) is 13.2 Å². The van der Waals surface area contributed by atoms with E-state index in [2.05, 4.69) is 4.98 Å². The molecule has 1 atom stereocenters. The molecular formula is C18H20N4O3S2. The Balaban J connectivity index is 1.66. The van der Waals surface area contributed by atoms with E-state index in [1.807, 2.05) is 11.4 Å². The van der Waals surface area contributed by atoms with E-state index in [1.54, 1.807) is 22.4 Å². The van der Waals surface area contributed by atoms with Crippen LogP contribution >= 0.6 is 11.3 Å². The zero-order valence-electron chi connectivity index (χ0n) is 14.9. The van der Waals surface area contributed by atoms with Crippen molar-refractivity contribution in [1.29, 1.82) is 5.26 Å². The fraction of sp³-hybridized carbons (Fsp3) is 0.389. The summed E-state index contributed by atoms with van der Waals surface area (Å²) in [6.07, 6.45) is 3.62. The Morgan fingerprint density at radius 1 is 1.41 bits per heavy atom. The van der Waals surface area contributed by atoms with Crippen molar-refractivity contribution in [2.45, 2.75) is 23.7 Å². The molecule has 1 fully saturated rings. The van der Waals surface area contributed by atoms with Gasteiger partial charge in [0.1, 0.15) is 0 Å². The number of sulfonamides is 1. The van der Waals surface area contributed by atoms with Crippen molar-refractivity contribution in [3.63, 3.8) is 0 Å². The van der Waals surface area contributed by atoms with Gasteiger partial charge in [0.05, 0.1) is 28.1 Å². The van der Waals surface area contributed by atoms with Crippen molar-refractivity contribution in [1.82, 2.24) is 14.2 Å². The molecule has 142 valence electrons. The maximum absolute atomic E-state index is 12.7. The molecule has 0 aliphatic carbocycles. The molecule has 1 aliphatic rings. The Hall–Kier alpha value is -2.28. The van der Waals surface area contributed by atoms with Gasteiger partial charge in [-0.05, 0) is 37.1 Å². The topological polar surface area (TPSA) is 94.4 Å². The second-order valence-corrected chi connectivity index (χ2v) is 9.42. The molecule has 0 saturated carbocycles. The number of piperidine rings is 1. The van der Waals surface area contributed by atoms with Gasteiger partial charge in [-0.1, -0.05) is 0 Å². The largest absolute Gasteiger partial charge is 0.341 e. The van der Waals surface area contributed by atoms with Gasteiger partial charge in [0.15, 0.2) is 0 Å². The number of likely N-dealkylation sites (tertiary alicyclic amines) is 1. The molecule has 1 unspecified atom stereocenters. The molecule has 9 heteroatoms. The van der Waals surface area contributed by atoms with Crippen LogP contribution in [0.15, 0.2) is 40.7 Å². The summed E-state index contributed by atoms with van der Waals surface area (Å²) in [6.45, 7) is 0.982. The monoisotopic (exact) mass is 404 g/mol. The molecule has 0 radical (unpaired) electrons. The molecule has 0 N–H and O–H groups in total. The number of benzene rings is 1. The van der Waals surface area contributed by atoms with Gasteiger partial charge in [-0.25, -0.2) is 13.4 Å². The van der Waals surface area contributed by atoms with Crippen molar-refractivity contribution < 1.29 is 13.2 Å². The van der Waals surface area contributed by atoms with Crippen LogP contribution in [0.5, 0.6) is 0 Å². The van der Waals surface area contributed by atoms with Gasteiger partial charge in [0, 0.05) is 37.6 Å². The molecule has 0 spiro atoms. The highest BCUT2D eigenvalue weighted by molar-refractivity contribution is 7.89. The number of hydrogen-bond acceptors (Lipinski definition) is 6. The summed E-state index contributed by atoms with van der Waals surface area (Å²) in [7, 11) is -2.39. The fourth-order valence-electron chi connectivity index (χ4n) is 3.10. The zero-order chi connectivity index (χ0) is 19.4. The maximum Gasteiger partial charge on any atom is 0.243 e. The number of aromatic nitrogens is 1. The second kappa shape index (κ2) is 8.17. The third-order valence-electron chi connectivity index (χ3n) is 4.62. The van der Waals surface area contributed by atoms with Crippen LogP contribution in [-0.2, 0) is 14.8 Å². The molecule has 1 aromatic carbocycles. The summed E-state index contributed by atoms with van der Waals surface area (Å²) in [5.74, 6) is -0.000819. The summed E-state index contributed by atoms with van der Waals surface area (Å²) in [5, 5.41) is 11.8. The van der Waals surface area contributed by atoms with Crippen LogP contribution in [0.25, 0.3) is 0 Å². The lowest BCUT2D eigenvalue weighted by molar-refractivity contribution is -0.132. The van der Waals surface area contributed by atoms with E-state index >= 15 is 0 Å². The fourth-order valence-corrected chi connectivity index (χ4v) is 4.99. The summed E-state index contributed by atoms with van der Waals surface area (Å²) in [6, 6.07) is 7.62. The van der Waals surface area contributed by atoms with Gasteiger partial charge < -0.3 is 4.90 Å². The summed E-state index contributed by atoms with van der Waals surface area (Å²) < 4.78 is 26.4. The highest BCUT2D eigenvalue weighted by Gasteiger charge is 2.29. The normalized spacial score (nSPS) is 17.7. The Labute approximate surface area is 162 Å². The summed E-state index contributed by atoms with van der Waals surface area (Å²) in [5.41, 5.74) is 0.384. The Morgan fingerprint density at radius 3 is 2.78 bits per heavy atom. The van der Waals surface area contributed by atoms with Crippen LogP contribution in [0.4, 0.5) is 0 Å². The minimum absolute atomic E-state index is 0.0658. The van der Waals surface area contributed by atoms with Crippen LogP contribution in [-0.4, -0.2) is 55.2 Å². The molecule has 1 aliphatic heterocycles. The van der Waals surface area contributed by atoms with Crippen LogP contribution < -0.4 is 0 Å². The molecule has 2 heterocycles. The molecule has 27 heavy (non-hydrogen) atoms. The number of nitrogens with zero attached hydrogens (tertiary/aromatic N) is 4. The van der Waals surface area contributed by atoms with E-state index in [4.69, 9.17) is 5.26 Å². The predicted octanol–water partition coefficient (Wildman–Crippen LogP) is 2.04. The zero-order valence-corrected chi connectivity index (χ0v) is 16.5. The molecular weight excluding hydrogens is 384 g/mol. The molecule has 2 aromatic rings. The lowest BCUT2D eigenvalue weighted by atomic mass is 9.99. The molecule has 1 aromatic heterocycles. The highest BCUT2D eigenvalue weighted by atomic mass is 32.2. The molecule has 7 nitrogen and oxygen atoms in total. The number of hydrogen-bond donors (Lipinski definition) is 0. The SMILES string of the molecule is CN(CC(=O)N1CCCC(c2nccs2)C1)S(=O)(=O)c1ccc(C#N)cc1. The number of carbonyl (C=O) groups excluding carboxylic acids is 1. The minimum Gasteiger partial charge on any atom is -0.341 e. The number of carbonyl (C=O) groups is 1. The van der Waals surface area contributed by atoms with Crippen LogP contribution in [0.2, 0.25) is 0 Å². The Bertz CT molecular complexity index is 934. The van der Waals surface area contributed by atoms with E-state index in [0.717, 1.165) is 22.2 Å². The predicted molar refractivity (Wildman–Crippen MR) is 102 cm³/mol. The van der Waals surface area contributed by atoms with Crippen molar-refractivity contribution in [3.05, 3.63) is 46.4 Å². The minimum atomic E-state index is -3.79. The van der Waals surface area contributed by atoms with Crippen LogP contribution in [0.3, 0.4) is 0 Å². The van der Waals surface area contributed by atoms with Gasteiger partial charge in [-0.2, -0.15) is 9.57 Å². The van der Waals surface area contributed by atoms with Crippen molar-refractivity contribution in [3.8, 4) is 6.07 Å². The third kappa shape index (κ3) is 4.35. The molecule has 0 bridgehead atoms. The molecule has 1 saturated heterocycles. The van der Waals surface area contributed by atoms with Crippen molar-refractivity contribution in [2.75, 3.05) is 26.7 Å². The highest BCUT2D eigenvalue weighted by Crippen LogP contribution is 2.28. The van der Waals surface area contributed by atoms with Crippen molar-refractivity contribution >= 4 is 27.3 Å². The molecule has 1 amide bonds. The number of likely N-dealkylation sites (N-methyl/N-ethyl adjacent to an activating group) is 1. The van der Waals surface area contributed by atoms with Crippen molar-refractivity contribution in [2.24, 2.45) is 0 Å². The average Bonchev–Trinajstić information content (AvgIpc) is 3.23. The van der Waals surface area contributed by atoms with Gasteiger partial charge in [0.25, 0.3) is 0 Å². The number of thiazole rings is 1. The third-order valence-corrected chi connectivity index (χ3v) is 7.38. The maximum atomic E-state index is 12.7. The number of amides is 1. The van der Waals surface area contributed by atoms with Gasteiger partial charge in [0.2, 0.25) is 15.9 Å². The van der Waals surface area contributed by atoms with E-state index in [0.29, 0.717) is 18.7 Å². The molecule has 3 rings (SSSR count). The van der Waals surface area contributed by atoms with Crippen LogP contribution in [0, 0.1) is 11.3 Å². The number of nitriles is 1. The average molecular weight is 405 g/mol. The Kier molecular flexibility index (Phi) is 5.89. The number of rotatable bonds is 5. The van der Waals surface area contributed by atoms with Gasteiger partial charge >= 0.3 is 0 Å². The first kappa shape index (κ1) is 19.5. The van der Waals surface area contributed by atoms with Crippen LogP contribution in [0.1, 0.15) is 29.3 Å². The lowest BCUT2D eigenvalue weighted by Crippen LogP contribution is -2.45. The van der Waals surface area contributed by atoms with E-state index in [1.165, 1.54) is 31.3 Å². The smallest absolute Gasteiger partial charge is 0.243 e. The Morgan fingerprint density at radius 2 is 2.15 bits per heavy atom. The first-order chi connectivity index (χ1) is 12.9. The van der Waals surface area contributed by atoms with Gasteiger partial charge in [-0.15, -0.1) is 11.3 Å². The lowest BCUT2D eigenvalue weighted by Gasteiger charge is -2.32. The second-order valence-electron chi connectivity index (χ2n) is 6.45. The van der Waals surface area contributed by atoms with E-state index < -0.39 is 10.0 Å². The standard InChI is InChI=1S/C18H20N4O3S2/c1-21(27(24,25)16-6-4-14(11-19)5-7-16)13-17(23)22-9-2-3-15(12-22)18-20-8-10-26-18/h4-8,10,15H,2-3,9,12-13H2,1H3. The van der Waals surface area contributed by atoms with Gasteiger partial charge in [-0.3, -0.25) is 4.79 Å². The quantitative estimate of drug-likeness (QED) is 0.760. The first-order valence-electron chi connectivity index (χ1n) is 8.55. The summed E-state index contributed by atoms with van der Waals surface area (Å²) in [4.78, 5) is 18.8.